The van der Waals surface area contributed by atoms with Crippen LogP contribution in [0.3, 0.4) is 0 Å². The van der Waals surface area contributed by atoms with Gasteiger partial charge in [-0.25, -0.2) is 41.9 Å². The van der Waals surface area contributed by atoms with E-state index >= 15 is 0 Å². The molecule has 4 aromatic rings. The number of allylic oxidation sites excluding steroid dienone is 8. The maximum Gasteiger partial charge on any atom is 4.00 e. The molecule has 4 nitrogen and oxygen atoms in total. The van der Waals surface area contributed by atoms with Crippen molar-refractivity contribution in [3.8, 4) is 0 Å². The Bertz CT molecular complexity index is 1880. The summed E-state index contributed by atoms with van der Waals surface area (Å²) < 4.78 is 53.3. The van der Waals surface area contributed by atoms with Crippen LogP contribution in [0, 0.1) is 59.4 Å². The van der Waals surface area contributed by atoms with E-state index in [1.165, 1.54) is 25.0 Å². The van der Waals surface area contributed by atoms with Gasteiger partial charge in [-0.3, -0.25) is 21.7 Å². The molecule has 0 heterocycles. The molecule has 0 aliphatic heterocycles. The predicted molar refractivity (Wildman–Crippen MR) is 236 cm³/mol. The first-order valence-electron chi connectivity index (χ1n) is 21.1. The minimum absolute atomic E-state index is 0. The smallest absolute Gasteiger partial charge is 0.373 e. The molecule has 0 aromatic heterocycles. The second-order valence-electron chi connectivity index (χ2n) is 14.5. The van der Waals surface area contributed by atoms with Crippen molar-refractivity contribution in [1.29, 1.82) is 0 Å². The van der Waals surface area contributed by atoms with E-state index in [2.05, 4.69) is 62.6 Å². The van der Waals surface area contributed by atoms with Gasteiger partial charge in [0.2, 0.25) is 11.8 Å². The Morgan fingerprint density at radius 2 is 0.984 bits per heavy atom. The number of carbonyl (C=O) groups excluding carboxylic acids is 2. The molecular formula is C52H58F4N2O2Ti. The Kier molecular flexibility index (Phi) is 26.0. The number of anilines is 2. The molecule has 9 heteroatoms. The molecule has 0 bridgehead atoms. The van der Waals surface area contributed by atoms with Gasteiger partial charge in [0.05, 0.1) is 0 Å². The van der Waals surface area contributed by atoms with Crippen LogP contribution in [-0.4, -0.2) is 11.8 Å². The number of amides is 2. The Labute approximate surface area is 376 Å². The van der Waals surface area contributed by atoms with Crippen LogP contribution in [0.15, 0.2) is 109 Å². The summed E-state index contributed by atoms with van der Waals surface area (Å²) in [5.74, 6) is -3.13. The van der Waals surface area contributed by atoms with Crippen molar-refractivity contribution < 1.29 is 48.9 Å². The van der Waals surface area contributed by atoms with Crippen LogP contribution in [0.4, 0.5) is 28.9 Å². The number of rotatable bonds is 16. The van der Waals surface area contributed by atoms with Gasteiger partial charge in [0.15, 0.2) is 0 Å². The monoisotopic (exact) mass is 866 g/mol. The van der Waals surface area contributed by atoms with Gasteiger partial charge in [-0.05, 0) is 59.3 Å². The van der Waals surface area contributed by atoms with E-state index in [1.54, 1.807) is 24.3 Å². The fourth-order valence-electron chi connectivity index (χ4n) is 6.49. The molecule has 320 valence electrons. The van der Waals surface area contributed by atoms with Crippen LogP contribution in [-0.2, 0) is 34.6 Å². The molecule has 0 radical (unpaired) electrons. The molecule has 2 atom stereocenters. The molecule has 0 spiro atoms. The van der Waals surface area contributed by atoms with Crippen LogP contribution >= 0.6 is 0 Å². The van der Waals surface area contributed by atoms with E-state index in [1.807, 2.05) is 60.7 Å². The summed E-state index contributed by atoms with van der Waals surface area (Å²) in [6, 6.07) is 23.2. The van der Waals surface area contributed by atoms with Crippen LogP contribution in [0.5, 0.6) is 0 Å². The van der Waals surface area contributed by atoms with E-state index in [0.717, 1.165) is 87.5 Å². The fourth-order valence-corrected chi connectivity index (χ4v) is 6.49. The van der Waals surface area contributed by atoms with Crippen LogP contribution < -0.4 is 10.6 Å². The van der Waals surface area contributed by atoms with Gasteiger partial charge in [-0.1, -0.05) is 115 Å². The summed E-state index contributed by atoms with van der Waals surface area (Å²) in [6.45, 7) is 8.66. The maximum atomic E-state index is 13.7. The SMILES string of the molecule is CCCCC(CC)Cc1ccccc1C(=O)Nc1ccc(F)[c-]c1F.CCCCC(CC)Cc1ccccc1C(=O)Nc1ccc(F)[c-]c1F.[C-]1=CC=CC1.[C-]1=CC=CC1.[Ti+4]. The molecule has 6 rings (SSSR count). The van der Waals surface area contributed by atoms with Gasteiger partial charge in [-0.2, -0.15) is 12.2 Å². The molecule has 0 saturated carbocycles. The van der Waals surface area contributed by atoms with Crippen molar-refractivity contribution in [3.05, 3.63) is 179 Å². The third kappa shape index (κ3) is 19.6. The zero-order chi connectivity index (χ0) is 43.5. The van der Waals surface area contributed by atoms with Crippen molar-refractivity contribution in [3.63, 3.8) is 0 Å². The van der Waals surface area contributed by atoms with Crippen LogP contribution in [0.1, 0.15) is 124 Å². The molecule has 2 N–H and O–H groups in total. The summed E-state index contributed by atoms with van der Waals surface area (Å²) in [6.07, 6.45) is 30.6. The van der Waals surface area contributed by atoms with Crippen molar-refractivity contribution in [2.75, 3.05) is 10.6 Å². The van der Waals surface area contributed by atoms with Crippen LogP contribution in [0.2, 0.25) is 0 Å². The summed E-state index contributed by atoms with van der Waals surface area (Å²) in [7, 11) is 0. The van der Waals surface area contributed by atoms with Gasteiger partial charge < -0.3 is 10.6 Å². The number of unbranched alkanes of at least 4 members (excludes halogenated alkanes) is 2. The first-order valence-corrected chi connectivity index (χ1v) is 21.1. The number of nitrogens with one attached hydrogen (secondary N) is 2. The quantitative estimate of drug-likeness (QED) is 0.0670. The van der Waals surface area contributed by atoms with Gasteiger partial charge in [0.1, 0.15) is 0 Å². The summed E-state index contributed by atoms with van der Waals surface area (Å²) >= 11 is 0. The summed E-state index contributed by atoms with van der Waals surface area (Å²) in [4.78, 5) is 25.1. The topological polar surface area (TPSA) is 58.2 Å². The fraction of sp³-hybridized carbons (Fsp3) is 0.346. The van der Waals surface area contributed by atoms with Gasteiger partial charge in [0.25, 0.3) is 0 Å². The summed E-state index contributed by atoms with van der Waals surface area (Å²) in [5.41, 5.74) is 2.82. The Morgan fingerprint density at radius 1 is 0.590 bits per heavy atom. The van der Waals surface area contributed by atoms with E-state index in [9.17, 15) is 27.2 Å². The molecule has 2 aliphatic carbocycles. The van der Waals surface area contributed by atoms with Crippen molar-refractivity contribution >= 4 is 23.2 Å². The molecular weight excluding hydrogens is 808 g/mol. The zero-order valence-electron chi connectivity index (χ0n) is 35.9. The second kappa shape index (κ2) is 30.3. The minimum atomic E-state index is -0.903. The van der Waals surface area contributed by atoms with E-state index in [0.29, 0.717) is 23.0 Å². The van der Waals surface area contributed by atoms with Crippen LogP contribution in [0.25, 0.3) is 0 Å². The van der Waals surface area contributed by atoms with Crippen molar-refractivity contribution in [2.24, 2.45) is 11.8 Å². The number of hydrogen-bond acceptors (Lipinski definition) is 2. The molecule has 4 aromatic carbocycles. The third-order valence-corrected chi connectivity index (χ3v) is 10.0. The maximum absolute atomic E-state index is 13.7. The summed E-state index contributed by atoms with van der Waals surface area (Å²) in [5, 5.41) is 5.03. The Balaban J connectivity index is 0.000000335. The Hall–Kier alpha value is -4.79. The van der Waals surface area contributed by atoms with E-state index < -0.39 is 23.3 Å². The number of carbonyl (C=O) groups is 2. The second-order valence-corrected chi connectivity index (χ2v) is 14.5. The molecule has 2 amide bonds. The molecule has 0 saturated heterocycles. The van der Waals surface area contributed by atoms with Crippen molar-refractivity contribution in [1.82, 2.24) is 0 Å². The molecule has 2 aliphatic rings. The van der Waals surface area contributed by atoms with Crippen molar-refractivity contribution in [2.45, 2.75) is 105 Å². The molecule has 0 fully saturated rings. The van der Waals surface area contributed by atoms with Gasteiger partial charge >= 0.3 is 21.7 Å². The zero-order valence-corrected chi connectivity index (χ0v) is 37.4. The first kappa shape index (κ1) is 52.4. The minimum Gasteiger partial charge on any atom is -0.373 e. The van der Waals surface area contributed by atoms with E-state index in [-0.39, 0.29) is 44.9 Å². The van der Waals surface area contributed by atoms with E-state index in [4.69, 9.17) is 0 Å². The largest absolute Gasteiger partial charge is 4.00 e. The average Bonchev–Trinajstić information content (AvgIpc) is 4.05. The van der Waals surface area contributed by atoms with Gasteiger partial charge in [-0.15, -0.1) is 49.2 Å². The predicted octanol–water partition coefficient (Wildman–Crippen LogP) is 14.2. The normalized spacial score (nSPS) is 12.7. The number of hydrogen-bond donors (Lipinski definition) is 2. The molecule has 61 heavy (non-hydrogen) atoms. The number of halogens is 4. The third-order valence-electron chi connectivity index (χ3n) is 10.0. The molecule has 2 unspecified atom stereocenters. The first-order chi connectivity index (χ1) is 29.1. The Morgan fingerprint density at radius 3 is 1.28 bits per heavy atom. The van der Waals surface area contributed by atoms with Gasteiger partial charge in [0, 0.05) is 34.4 Å². The average molecular weight is 867 g/mol. The number of benzene rings is 4. The standard InChI is InChI=1S/2C21H24F2NO.2C5H5.Ti/c2*1-3-5-8-15(4-2)13-16-9-6-7-10-18(16)21(25)24-20-12-11-17(22)14-19(20)23;2*1-2-4-5-3-1;/h2*6-7,9-12,15H,3-5,8,13H2,1-2H3,(H,24,25);2*1-3H,4H2;/q4*-1;+4.